The van der Waals surface area contributed by atoms with E-state index >= 15 is 0 Å². The van der Waals surface area contributed by atoms with Crippen LogP contribution in [0.15, 0.2) is 41.3 Å². The molecular formula is C26H40N5O+. The number of fused-ring (bicyclic) bond motifs is 1. The molecule has 0 radical (unpaired) electrons. The highest BCUT2D eigenvalue weighted by atomic mass is 16.1. The zero-order valence-corrected chi connectivity index (χ0v) is 20.7. The number of nitrogen functional groups attached to an aromatic ring is 1. The Labute approximate surface area is 193 Å². The maximum Gasteiger partial charge on any atom is 0.256 e. The van der Waals surface area contributed by atoms with E-state index in [1.807, 2.05) is 6.08 Å². The summed E-state index contributed by atoms with van der Waals surface area (Å²) in [6, 6.07) is 0. The SMILES string of the molecule is CC(=CCN1C[NH+](C)c2ncnc(N)c21)CCC=C(C)CCC1(C)C(C)=CC(=O)CC1C. The first-order chi connectivity index (χ1) is 15.1. The fourth-order valence-corrected chi connectivity index (χ4v) is 4.91. The Morgan fingerprint density at radius 1 is 1.28 bits per heavy atom. The van der Waals surface area contributed by atoms with Gasteiger partial charge in [-0.25, -0.2) is 4.98 Å². The summed E-state index contributed by atoms with van der Waals surface area (Å²) in [4.78, 5) is 23.9. The van der Waals surface area contributed by atoms with Crippen molar-refractivity contribution in [3.8, 4) is 0 Å². The van der Waals surface area contributed by atoms with Gasteiger partial charge >= 0.3 is 0 Å². The van der Waals surface area contributed by atoms with Gasteiger partial charge in [-0.15, -0.1) is 0 Å². The van der Waals surface area contributed by atoms with E-state index in [1.54, 1.807) is 6.33 Å². The Morgan fingerprint density at radius 3 is 2.72 bits per heavy atom. The third-order valence-corrected chi connectivity index (χ3v) is 7.60. The Morgan fingerprint density at radius 2 is 2.00 bits per heavy atom. The van der Waals surface area contributed by atoms with E-state index in [4.69, 9.17) is 5.73 Å². The normalized spacial score (nSPS) is 26.4. The van der Waals surface area contributed by atoms with E-state index in [0.717, 1.165) is 50.4 Å². The van der Waals surface area contributed by atoms with Gasteiger partial charge in [-0.2, -0.15) is 4.98 Å². The number of quaternary nitrogens is 1. The van der Waals surface area contributed by atoms with Gasteiger partial charge in [-0.05, 0) is 63.9 Å². The van der Waals surface area contributed by atoms with Crippen molar-refractivity contribution in [1.29, 1.82) is 0 Å². The van der Waals surface area contributed by atoms with Crippen molar-refractivity contribution >= 4 is 23.1 Å². The molecule has 3 unspecified atom stereocenters. The Hall–Kier alpha value is -2.47. The van der Waals surface area contributed by atoms with E-state index in [1.165, 1.54) is 21.6 Å². The van der Waals surface area contributed by atoms with Crippen molar-refractivity contribution in [3.05, 3.63) is 41.3 Å². The predicted octanol–water partition coefficient (Wildman–Crippen LogP) is 4.00. The molecule has 2 aliphatic rings. The molecular weight excluding hydrogens is 398 g/mol. The van der Waals surface area contributed by atoms with Gasteiger partial charge in [-0.1, -0.05) is 42.7 Å². The fraction of sp³-hybridized carbons (Fsp3) is 0.577. The Kier molecular flexibility index (Phi) is 7.55. The number of ketones is 1. The largest absolute Gasteiger partial charge is 0.382 e. The van der Waals surface area contributed by atoms with Crippen molar-refractivity contribution in [2.75, 3.05) is 30.9 Å². The molecule has 0 fully saturated rings. The van der Waals surface area contributed by atoms with E-state index < -0.39 is 0 Å². The second-order valence-corrected chi connectivity index (χ2v) is 10.1. The number of nitrogens with one attached hydrogen (secondary N) is 1. The second kappa shape index (κ2) is 9.99. The minimum absolute atomic E-state index is 0.131. The maximum atomic E-state index is 11.8. The van der Waals surface area contributed by atoms with Gasteiger partial charge in [-0.3, -0.25) is 9.69 Å². The van der Waals surface area contributed by atoms with Crippen molar-refractivity contribution in [1.82, 2.24) is 9.97 Å². The summed E-state index contributed by atoms with van der Waals surface area (Å²) in [5, 5.41) is 0. The number of nitrogens with zero attached hydrogens (tertiary/aromatic N) is 3. The third kappa shape index (κ3) is 5.29. The van der Waals surface area contributed by atoms with Gasteiger partial charge in [0.2, 0.25) is 0 Å². The Balaban J connectivity index is 1.49. The van der Waals surface area contributed by atoms with Crippen LogP contribution in [-0.4, -0.2) is 36.0 Å². The molecule has 3 N–H and O–H groups in total. The first kappa shape index (κ1) is 24.2. The fourth-order valence-electron chi connectivity index (χ4n) is 4.91. The number of rotatable bonds is 8. The predicted molar refractivity (Wildman–Crippen MR) is 132 cm³/mol. The van der Waals surface area contributed by atoms with Crippen molar-refractivity contribution < 1.29 is 9.69 Å². The number of aromatic nitrogens is 2. The van der Waals surface area contributed by atoms with Crippen LogP contribution in [-0.2, 0) is 4.79 Å². The highest BCUT2D eigenvalue weighted by molar-refractivity contribution is 5.91. The summed E-state index contributed by atoms with van der Waals surface area (Å²) in [5.74, 6) is 2.24. The van der Waals surface area contributed by atoms with E-state index in [0.29, 0.717) is 18.2 Å². The number of hydrogen-bond donors (Lipinski definition) is 2. The van der Waals surface area contributed by atoms with Crippen LogP contribution in [0.25, 0.3) is 0 Å². The molecule has 0 saturated carbocycles. The second-order valence-electron chi connectivity index (χ2n) is 10.1. The summed E-state index contributed by atoms with van der Waals surface area (Å²) in [7, 11) is 2.11. The zero-order chi connectivity index (χ0) is 23.5. The number of nitrogens with two attached hydrogens (primary N) is 1. The van der Waals surface area contributed by atoms with Crippen molar-refractivity contribution in [2.24, 2.45) is 11.3 Å². The number of carbonyl (C=O) groups is 1. The van der Waals surface area contributed by atoms with Crippen LogP contribution in [0.2, 0.25) is 0 Å². The molecule has 0 spiro atoms. The Bertz CT molecular complexity index is 948. The molecule has 3 rings (SSSR count). The molecule has 32 heavy (non-hydrogen) atoms. The van der Waals surface area contributed by atoms with Gasteiger partial charge in [0.1, 0.15) is 6.33 Å². The van der Waals surface area contributed by atoms with Gasteiger partial charge in [0.25, 0.3) is 5.82 Å². The summed E-state index contributed by atoms with van der Waals surface area (Å²) in [6.45, 7) is 12.8. The molecule has 6 heteroatoms. The highest BCUT2D eigenvalue weighted by Crippen LogP contribution is 2.44. The summed E-state index contributed by atoms with van der Waals surface area (Å²) >= 11 is 0. The molecule has 0 aromatic carbocycles. The standard InChI is InChI=1S/C26H39N5O/c1-18(10-12-26(5)20(3)14-22(32)15-21(26)4)8-7-9-19(2)11-13-31-17-30(6)25-23(31)24(27)28-16-29-25/h8,11,14,16,21H,7,9-10,12-13,15,17H2,1-6H3,(H2,27,28,29)/p+1. The van der Waals surface area contributed by atoms with Gasteiger partial charge < -0.3 is 10.6 Å². The lowest BCUT2D eigenvalue weighted by atomic mass is 9.64. The molecule has 1 aliphatic heterocycles. The monoisotopic (exact) mass is 438 g/mol. The molecule has 0 amide bonds. The van der Waals surface area contributed by atoms with Crippen LogP contribution in [0.1, 0.15) is 66.7 Å². The van der Waals surface area contributed by atoms with Gasteiger partial charge in [0, 0.05) is 13.0 Å². The summed E-state index contributed by atoms with van der Waals surface area (Å²) in [6.07, 6.45) is 13.1. The molecule has 6 nitrogen and oxygen atoms in total. The molecule has 1 aromatic heterocycles. The van der Waals surface area contributed by atoms with Crippen LogP contribution in [0.4, 0.5) is 17.3 Å². The lowest BCUT2D eigenvalue weighted by Crippen LogP contribution is -3.03. The number of carbonyl (C=O) groups excluding carboxylic acids is 1. The lowest BCUT2D eigenvalue weighted by molar-refractivity contribution is -0.805. The first-order valence-electron chi connectivity index (χ1n) is 11.8. The van der Waals surface area contributed by atoms with Crippen LogP contribution in [0, 0.1) is 11.3 Å². The molecule has 2 heterocycles. The minimum atomic E-state index is 0.131. The maximum absolute atomic E-state index is 11.8. The highest BCUT2D eigenvalue weighted by Gasteiger charge is 2.36. The van der Waals surface area contributed by atoms with E-state index in [-0.39, 0.29) is 11.2 Å². The first-order valence-corrected chi connectivity index (χ1v) is 11.8. The van der Waals surface area contributed by atoms with E-state index in [2.05, 4.69) is 68.7 Å². The number of anilines is 2. The molecule has 0 bridgehead atoms. The van der Waals surface area contributed by atoms with Crippen LogP contribution < -0.4 is 15.5 Å². The number of hydrogen-bond acceptors (Lipinski definition) is 5. The van der Waals surface area contributed by atoms with Gasteiger partial charge in [0.05, 0.1) is 7.05 Å². The molecule has 3 atom stereocenters. The smallest absolute Gasteiger partial charge is 0.256 e. The number of allylic oxidation sites excluding steroid dienone is 5. The van der Waals surface area contributed by atoms with Crippen molar-refractivity contribution in [3.63, 3.8) is 0 Å². The average molecular weight is 439 g/mol. The van der Waals surface area contributed by atoms with Crippen LogP contribution >= 0.6 is 0 Å². The minimum Gasteiger partial charge on any atom is -0.382 e. The van der Waals surface area contributed by atoms with Crippen LogP contribution in [0.3, 0.4) is 0 Å². The van der Waals surface area contributed by atoms with Crippen molar-refractivity contribution in [2.45, 2.75) is 66.7 Å². The quantitative estimate of drug-likeness (QED) is 0.600. The zero-order valence-electron chi connectivity index (χ0n) is 20.7. The molecule has 1 aliphatic carbocycles. The van der Waals surface area contributed by atoms with Crippen LogP contribution in [0.5, 0.6) is 0 Å². The topological polar surface area (TPSA) is 76.6 Å². The summed E-state index contributed by atoms with van der Waals surface area (Å²) < 4.78 is 0. The molecule has 0 saturated heterocycles. The summed E-state index contributed by atoms with van der Waals surface area (Å²) in [5.41, 5.74) is 11.3. The third-order valence-electron chi connectivity index (χ3n) is 7.60. The molecule has 174 valence electrons. The average Bonchev–Trinajstić information content (AvgIpc) is 3.06. The lowest BCUT2D eigenvalue weighted by Gasteiger charge is -2.39. The molecule has 1 aromatic rings. The van der Waals surface area contributed by atoms with Gasteiger partial charge in [0.15, 0.2) is 24.0 Å². The van der Waals surface area contributed by atoms with E-state index in [9.17, 15) is 4.79 Å².